The van der Waals surface area contributed by atoms with Gasteiger partial charge in [0.2, 0.25) is 0 Å². The molecule has 1 unspecified atom stereocenters. The number of nitrogens with one attached hydrogen (secondary N) is 1. The number of thioether (sulfide) groups is 1. The largest absolute Gasteiger partial charge is 0.416 e. The van der Waals surface area contributed by atoms with Gasteiger partial charge in [0, 0.05) is 35.3 Å². The summed E-state index contributed by atoms with van der Waals surface area (Å²) in [4.78, 5) is 13.9. The maximum atomic E-state index is 14.0. The normalized spacial score (nSPS) is 17.9. The van der Waals surface area contributed by atoms with Crippen molar-refractivity contribution in [2.24, 2.45) is 0 Å². The molecule has 0 aromatic heterocycles. The summed E-state index contributed by atoms with van der Waals surface area (Å²) >= 11 is 1.42. The van der Waals surface area contributed by atoms with Crippen molar-refractivity contribution in [2.75, 3.05) is 24.2 Å². The van der Waals surface area contributed by atoms with Crippen molar-refractivity contribution >= 4 is 23.5 Å². The summed E-state index contributed by atoms with van der Waals surface area (Å²) in [5, 5.41) is 2.17. The van der Waals surface area contributed by atoms with Gasteiger partial charge >= 0.3 is 12.2 Å². The molecule has 1 saturated heterocycles. The average molecular weight is 416 g/mol. The van der Waals surface area contributed by atoms with Gasteiger partial charge in [-0.25, -0.2) is 13.6 Å². The molecule has 1 fully saturated rings. The molecule has 1 aliphatic heterocycles. The van der Waals surface area contributed by atoms with Gasteiger partial charge in [-0.1, -0.05) is 6.07 Å². The third-order valence-corrected chi connectivity index (χ3v) is 5.69. The van der Waals surface area contributed by atoms with Crippen LogP contribution in [0.5, 0.6) is 0 Å². The van der Waals surface area contributed by atoms with E-state index in [1.54, 1.807) is 0 Å². The predicted molar refractivity (Wildman–Crippen MR) is 98.2 cm³/mol. The van der Waals surface area contributed by atoms with Crippen molar-refractivity contribution < 1.29 is 26.7 Å². The Morgan fingerprint density at radius 1 is 1.11 bits per heavy atom. The molecule has 2 amide bonds. The molecule has 0 radical (unpaired) electrons. The monoisotopic (exact) mass is 416 g/mol. The van der Waals surface area contributed by atoms with Gasteiger partial charge in [-0.2, -0.15) is 24.9 Å². The van der Waals surface area contributed by atoms with Gasteiger partial charge in [0.1, 0.15) is 11.6 Å². The molecule has 2 aromatic rings. The van der Waals surface area contributed by atoms with Gasteiger partial charge in [-0.3, -0.25) is 0 Å². The zero-order valence-corrected chi connectivity index (χ0v) is 15.4. The molecule has 3 rings (SSSR count). The van der Waals surface area contributed by atoms with Gasteiger partial charge in [0.15, 0.2) is 0 Å². The second-order valence-corrected chi connectivity index (χ2v) is 7.62. The van der Waals surface area contributed by atoms with Crippen LogP contribution >= 0.6 is 11.8 Å². The highest BCUT2D eigenvalue weighted by molar-refractivity contribution is 7.99. The maximum absolute atomic E-state index is 14.0. The number of anilines is 1. The van der Waals surface area contributed by atoms with E-state index in [-0.39, 0.29) is 23.0 Å². The highest BCUT2D eigenvalue weighted by Crippen LogP contribution is 2.36. The first kappa shape index (κ1) is 20.4. The van der Waals surface area contributed by atoms with Crippen molar-refractivity contribution in [1.82, 2.24) is 4.90 Å². The summed E-state index contributed by atoms with van der Waals surface area (Å²) in [5.74, 6) is -0.530. The van der Waals surface area contributed by atoms with Crippen LogP contribution in [-0.4, -0.2) is 29.8 Å². The lowest BCUT2D eigenvalue weighted by Gasteiger charge is -2.21. The molecule has 1 heterocycles. The predicted octanol–water partition coefficient (Wildman–Crippen LogP) is 5.70. The van der Waals surface area contributed by atoms with Gasteiger partial charge in [0.25, 0.3) is 0 Å². The number of carbonyl (C=O) groups excluding carboxylic acids is 1. The van der Waals surface area contributed by atoms with Gasteiger partial charge < -0.3 is 10.2 Å². The lowest BCUT2D eigenvalue weighted by molar-refractivity contribution is -0.137. The third-order valence-electron chi connectivity index (χ3n) is 4.37. The summed E-state index contributed by atoms with van der Waals surface area (Å²) in [6.45, 7) is 0.626. The number of urea groups is 1. The van der Waals surface area contributed by atoms with Crippen LogP contribution in [0.15, 0.2) is 42.5 Å². The van der Waals surface area contributed by atoms with Crippen LogP contribution in [0.4, 0.5) is 32.4 Å². The molecule has 0 bridgehead atoms. The number of halogens is 5. The van der Waals surface area contributed by atoms with E-state index in [0.717, 1.165) is 30.3 Å². The number of benzene rings is 2. The topological polar surface area (TPSA) is 32.3 Å². The molecule has 0 aliphatic carbocycles. The number of hydrogen-bond acceptors (Lipinski definition) is 2. The third kappa shape index (κ3) is 4.95. The highest BCUT2D eigenvalue weighted by Gasteiger charge is 2.31. The molecule has 0 spiro atoms. The minimum atomic E-state index is -4.50. The molecular weight excluding hydrogens is 399 g/mol. The van der Waals surface area contributed by atoms with Gasteiger partial charge in [-0.15, -0.1) is 0 Å². The molecular formula is C19H17F5N2OS. The zero-order chi connectivity index (χ0) is 20.3. The van der Waals surface area contributed by atoms with Crippen LogP contribution in [-0.2, 0) is 6.18 Å². The Kier molecular flexibility index (Phi) is 6.12. The van der Waals surface area contributed by atoms with Gasteiger partial charge in [0.05, 0.1) is 5.56 Å². The van der Waals surface area contributed by atoms with Crippen LogP contribution < -0.4 is 5.32 Å². The molecule has 9 heteroatoms. The van der Waals surface area contributed by atoms with E-state index in [0.29, 0.717) is 18.7 Å². The maximum Gasteiger partial charge on any atom is 0.416 e. The fourth-order valence-electron chi connectivity index (χ4n) is 2.96. The van der Waals surface area contributed by atoms with Gasteiger partial charge in [-0.05, 0) is 42.8 Å². The number of nitrogens with zero attached hydrogens (tertiary/aromatic N) is 1. The molecule has 1 atom stereocenters. The van der Waals surface area contributed by atoms with E-state index in [4.69, 9.17) is 0 Å². The number of amides is 2. The zero-order valence-electron chi connectivity index (χ0n) is 14.6. The lowest BCUT2D eigenvalue weighted by atomic mass is 10.1. The minimum absolute atomic E-state index is 0.0458. The van der Waals surface area contributed by atoms with E-state index in [1.807, 2.05) is 0 Å². The molecule has 2 aromatic carbocycles. The quantitative estimate of drug-likeness (QED) is 0.638. The lowest BCUT2D eigenvalue weighted by Crippen LogP contribution is -2.36. The SMILES string of the molecule is O=C(Nc1cccc(C(F)(F)F)c1)N1CCSC(c2cc(F)ccc2F)CC1. The van der Waals surface area contributed by atoms with Crippen LogP contribution in [0.25, 0.3) is 0 Å². The Labute approximate surface area is 162 Å². The summed E-state index contributed by atoms with van der Waals surface area (Å²) in [6, 6.07) is 7.16. The Morgan fingerprint density at radius 3 is 2.64 bits per heavy atom. The van der Waals surface area contributed by atoms with Crippen LogP contribution in [0.3, 0.4) is 0 Å². The van der Waals surface area contributed by atoms with E-state index in [9.17, 15) is 26.7 Å². The van der Waals surface area contributed by atoms with E-state index in [1.165, 1.54) is 28.8 Å². The van der Waals surface area contributed by atoms with Crippen molar-refractivity contribution in [3.63, 3.8) is 0 Å². The van der Waals surface area contributed by atoms with Crippen molar-refractivity contribution in [2.45, 2.75) is 17.8 Å². The van der Waals surface area contributed by atoms with E-state index < -0.39 is 29.4 Å². The molecule has 3 nitrogen and oxygen atoms in total. The summed E-state index contributed by atoms with van der Waals surface area (Å²) in [6.07, 6.45) is -4.09. The Hall–Kier alpha value is -2.29. The summed E-state index contributed by atoms with van der Waals surface area (Å²) < 4.78 is 65.8. The van der Waals surface area contributed by atoms with Crippen LogP contribution in [0, 0.1) is 11.6 Å². The Morgan fingerprint density at radius 2 is 1.89 bits per heavy atom. The number of hydrogen-bond donors (Lipinski definition) is 1. The highest BCUT2D eigenvalue weighted by atomic mass is 32.2. The van der Waals surface area contributed by atoms with E-state index in [2.05, 4.69) is 5.32 Å². The number of alkyl halides is 3. The van der Waals surface area contributed by atoms with Crippen LogP contribution in [0.1, 0.15) is 22.8 Å². The fourth-order valence-corrected chi connectivity index (χ4v) is 4.20. The molecule has 1 N–H and O–H groups in total. The Bertz CT molecular complexity index is 858. The minimum Gasteiger partial charge on any atom is -0.324 e. The molecule has 0 saturated carbocycles. The van der Waals surface area contributed by atoms with E-state index >= 15 is 0 Å². The van der Waals surface area contributed by atoms with Crippen molar-refractivity contribution in [1.29, 1.82) is 0 Å². The second-order valence-electron chi connectivity index (χ2n) is 6.31. The summed E-state index contributed by atoms with van der Waals surface area (Å²) in [7, 11) is 0. The standard InChI is InChI=1S/C19H17F5N2OS/c20-13-4-5-16(21)15(11-13)17-6-7-26(8-9-28-17)18(27)25-14-3-1-2-12(10-14)19(22,23)24/h1-5,10-11,17H,6-9H2,(H,25,27). The number of rotatable bonds is 2. The first-order valence-electron chi connectivity index (χ1n) is 8.54. The summed E-state index contributed by atoms with van der Waals surface area (Å²) in [5.41, 5.74) is -0.548. The number of carbonyl (C=O) groups is 1. The smallest absolute Gasteiger partial charge is 0.324 e. The fraction of sp³-hybridized carbons (Fsp3) is 0.316. The molecule has 28 heavy (non-hydrogen) atoms. The first-order chi connectivity index (χ1) is 13.2. The Balaban J connectivity index is 1.65. The van der Waals surface area contributed by atoms with Crippen LogP contribution in [0.2, 0.25) is 0 Å². The molecule has 1 aliphatic rings. The molecule has 150 valence electrons. The first-order valence-corrected chi connectivity index (χ1v) is 9.58. The van der Waals surface area contributed by atoms with Crippen molar-refractivity contribution in [3.05, 3.63) is 65.2 Å². The second kappa shape index (κ2) is 8.38. The average Bonchev–Trinajstić information content (AvgIpc) is 2.89. The van der Waals surface area contributed by atoms with Crippen molar-refractivity contribution in [3.8, 4) is 0 Å².